The highest BCUT2D eigenvalue weighted by molar-refractivity contribution is 5.99. The number of oxazole rings is 1. The number of hydrogen-bond acceptors (Lipinski definition) is 6. The van der Waals surface area contributed by atoms with Crippen molar-refractivity contribution in [2.24, 2.45) is 0 Å². The van der Waals surface area contributed by atoms with Crippen LogP contribution in [0.4, 0.5) is 5.69 Å². The number of nitrogens with one attached hydrogen (secondary N) is 3. The van der Waals surface area contributed by atoms with Gasteiger partial charge in [0.05, 0.1) is 13.3 Å². The van der Waals surface area contributed by atoms with Crippen LogP contribution in [0.1, 0.15) is 42.5 Å². The van der Waals surface area contributed by atoms with Crippen LogP contribution in [0.2, 0.25) is 0 Å². The molecule has 0 atom stereocenters. The number of ether oxygens (including phenoxy) is 1. The fourth-order valence-electron chi connectivity index (χ4n) is 4.26. The number of benzene rings is 2. The Hall–Kier alpha value is -3.81. The number of methoxy groups -OCH3 is 1. The van der Waals surface area contributed by atoms with Gasteiger partial charge in [-0.2, -0.15) is 0 Å². The van der Waals surface area contributed by atoms with Crippen LogP contribution < -0.4 is 20.7 Å². The number of aromatic nitrogens is 1. The van der Waals surface area contributed by atoms with Crippen molar-refractivity contribution >= 4 is 17.5 Å². The Kier molecular flexibility index (Phi) is 7.47. The van der Waals surface area contributed by atoms with E-state index >= 15 is 0 Å². The minimum atomic E-state index is -0.890. The highest BCUT2D eigenvalue weighted by Gasteiger charge is 2.40. The molecular formula is C26H30N4O4. The van der Waals surface area contributed by atoms with Crippen molar-refractivity contribution in [1.29, 1.82) is 0 Å². The summed E-state index contributed by atoms with van der Waals surface area (Å²) in [5, 5.41) is 9.34. The summed E-state index contributed by atoms with van der Waals surface area (Å²) in [4.78, 5) is 30.2. The lowest BCUT2D eigenvalue weighted by molar-refractivity contribution is -0.128. The van der Waals surface area contributed by atoms with Gasteiger partial charge in [0, 0.05) is 29.9 Å². The van der Waals surface area contributed by atoms with E-state index in [4.69, 9.17) is 9.15 Å². The predicted octanol–water partition coefficient (Wildman–Crippen LogP) is 4.01. The molecule has 1 saturated carbocycles. The van der Waals surface area contributed by atoms with Crippen molar-refractivity contribution in [3.8, 4) is 17.1 Å². The molecular weight excluding hydrogens is 432 g/mol. The summed E-state index contributed by atoms with van der Waals surface area (Å²) < 4.78 is 10.5. The molecule has 8 nitrogen and oxygen atoms in total. The van der Waals surface area contributed by atoms with E-state index in [0.29, 0.717) is 37.3 Å². The summed E-state index contributed by atoms with van der Waals surface area (Å²) in [5.74, 6) is 1.05. The third-order valence-corrected chi connectivity index (χ3v) is 6.19. The third-order valence-electron chi connectivity index (χ3n) is 6.19. The highest BCUT2D eigenvalue weighted by Crippen LogP contribution is 2.29. The van der Waals surface area contributed by atoms with E-state index in [0.717, 1.165) is 36.3 Å². The molecule has 4 rings (SSSR count). The van der Waals surface area contributed by atoms with Gasteiger partial charge in [-0.1, -0.05) is 31.4 Å². The molecule has 1 fully saturated rings. The zero-order valence-corrected chi connectivity index (χ0v) is 19.3. The fourth-order valence-corrected chi connectivity index (χ4v) is 4.26. The van der Waals surface area contributed by atoms with Gasteiger partial charge in [0.2, 0.25) is 5.91 Å². The molecule has 0 spiro atoms. The van der Waals surface area contributed by atoms with Gasteiger partial charge in [0.15, 0.2) is 12.2 Å². The van der Waals surface area contributed by atoms with Gasteiger partial charge in [-0.25, -0.2) is 4.98 Å². The van der Waals surface area contributed by atoms with Gasteiger partial charge in [-0.15, -0.1) is 0 Å². The van der Waals surface area contributed by atoms with Gasteiger partial charge in [-0.05, 0) is 49.2 Å². The third kappa shape index (κ3) is 5.57. The maximum Gasteiger partial charge on any atom is 0.252 e. The first-order valence-electron chi connectivity index (χ1n) is 11.6. The number of nitrogens with zero attached hydrogens (tertiary/aromatic N) is 1. The average molecular weight is 463 g/mol. The molecule has 3 N–H and O–H groups in total. The number of rotatable bonds is 9. The number of anilines is 1. The van der Waals surface area contributed by atoms with Gasteiger partial charge in [-0.3, -0.25) is 9.59 Å². The first-order valence-corrected chi connectivity index (χ1v) is 11.6. The van der Waals surface area contributed by atoms with Crippen LogP contribution in [0, 0.1) is 0 Å². The second kappa shape index (κ2) is 10.9. The maximum atomic E-state index is 13.2. The van der Waals surface area contributed by atoms with Crippen LogP contribution in [0.3, 0.4) is 0 Å². The number of carbonyl (C=O) groups is 2. The van der Waals surface area contributed by atoms with Crippen LogP contribution in [-0.4, -0.2) is 42.5 Å². The van der Waals surface area contributed by atoms with E-state index in [9.17, 15) is 9.59 Å². The minimum absolute atomic E-state index is 0.129. The lowest BCUT2D eigenvalue weighted by Crippen LogP contribution is -2.60. The summed E-state index contributed by atoms with van der Waals surface area (Å²) in [6.07, 6.45) is 7.13. The molecule has 1 aliphatic rings. The van der Waals surface area contributed by atoms with E-state index in [1.165, 1.54) is 6.39 Å². The molecule has 0 bridgehead atoms. The average Bonchev–Trinajstić information content (AvgIpc) is 3.42. The summed E-state index contributed by atoms with van der Waals surface area (Å²) in [6.45, 7) is 1.03. The molecule has 2 aromatic carbocycles. The summed E-state index contributed by atoms with van der Waals surface area (Å²) in [6, 6.07) is 14.7. The minimum Gasteiger partial charge on any atom is -0.497 e. The van der Waals surface area contributed by atoms with Crippen LogP contribution in [0.25, 0.3) is 11.3 Å². The molecule has 8 heteroatoms. The van der Waals surface area contributed by atoms with Gasteiger partial charge < -0.3 is 25.1 Å². The van der Waals surface area contributed by atoms with Crippen molar-refractivity contribution in [2.75, 3.05) is 25.5 Å². The Labute approximate surface area is 199 Å². The molecule has 0 aliphatic heterocycles. The number of hydrogen-bond donors (Lipinski definition) is 3. The zero-order chi connectivity index (χ0) is 23.8. The molecule has 1 aliphatic carbocycles. The Morgan fingerprint density at radius 3 is 2.38 bits per heavy atom. The molecule has 3 aromatic rings. The van der Waals surface area contributed by atoms with Crippen molar-refractivity contribution in [3.63, 3.8) is 0 Å². The molecule has 2 amide bonds. The lowest BCUT2D eigenvalue weighted by atomic mass is 9.80. The van der Waals surface area contributed by atoms with E-state index < -0.39 is 5.54 Å². The van der Waals surface area contributed by atoms with Crippen LogP contribution in [0.5, 0.6) is 5.75 Å². The second-order valence-corrected chi connectivity index (χ2v) is 8.45. The second-order valence-electron chi connectivity index (χ2n) is 8.45. The van der Waals surface area contributed by atoms with Crippen molar-refractivity contribution < 1.29 is 18.7 Å². The van der Waals surface area contributed by atoms with E-state index in [2.05, 4.69) is 20.9 Å². The summed E-state index contributed by atoms with van der Waals surface area (Å²) in [5.41, 5.74) is 1.40. The van der Waals surface area contributed by atoms with Gasteiger partial charge >= 0.3 is 0 Å². The number of carbonyl (C=O) groups excluding carboxylic acids is 2. The molecule has 1 heterocycles. The Bertz CT molecular complexity index is 1070. The normalized spacial score (nSPS) is 14.7. The molecule has 1 aromatic heterocycles. The molecule has 0 radical (unpaired) electrons. The van der Waals surface area contributed by atoms with Crippen LogP contribution in [-0.2, 0) is 4.79 Å². The molecule has 0 saturated heterocycles. The van der Waals surface area contributed by atoms with Crippen molar-refractivity contribution in [1.82, 2.24) is 15.6 Å². The zero-order valence-electron chi connectivity index (χ0n) is 19.3. The van der Waals surface area contributed by atoms with Crippen LogP contribution in [0.15, 0.2) is 65.5 Å². The molecule has 34 heavy (non-hydrogen) atoms. The summed E-state index contributed by atoms with van der Waals surface area (Å²) >= 11 is 0. The molecule has 0 unspecified atom stereocenters. The summed E-state index contributed by atoms with van der Waals surface area (Å²) in [7, 11) is 1.63. The van der Waals surface area contributed by atoms with Gasteiger partial charge in [0.25, 0.3) is 5.91 Å². The smallest absolute Gasteiger partial charge is 0.252 e. The topological polar surface area (TPSA) is 105 Å². The molecule has 178 valence electrons. The maximum absolute atomic E-state index is 13.2. The van der Waals surface area contributed by atoms with Crippen LogP contribution >= 0.6 is 0 Å². The SMILES string of the molecule is COc1ccc(NCCNC(=O)C2(NC(=O)c3ccc(-c4cnco4)cc3)CCCCC2)cc1. The van der Waals surface area contributed by atoms with Crippen molar-refractivity contribution in [3.05, 3.63) is 66.7 Å². The number of amides is 2. The first kappa shape index (κ1) is 23.4. The van der Waals surface area contributed by atoms with E-state index in [-0.39, 0.29) is 11.8 Å². The standard InChI is InChI=1S/C26H30N4O4/c1-33-22-11-9-21(10-12-22)28-15-16-29-25(32)26(13-3-2-4-14-26)30-24(31)20-7-5-19(6-8-20)23-17-27-18-34-23/h5-12,17-18,28H,2-4,13-16H2,1H3,(H,29,32)(H,30,31). The highest BCUT2D eigenvalue weighted by atomic mass is 16.5. The Balaban J connectivity index is 1.34. The lowest BCUT2D eigenvalue weighted by Gasteiger charge is -2.36. The monoisotopic (exact) mass is 462 g/mol. The predicted molar refractivity (Wildman–Crippen MR) is 130 cm³/mol. The van der Waals surface area contributed by atoms with E-state index in [1.807, 2.05) is 36.4 Å². The Morgan fingerprint density at radius 2 is 1.74 bits per heavy atom. The quantitative estimate of drug-likeness (QED) is 0.415. The largest absolute Gasteiger partial charge is 0.497 e. The fraction of sp³-hybridized carbons (Fsp3) is 0.346. The van der Waals surface area contributed by atoms with Crippen molar-refractivity contribution in [2.45, 2.75) is 37.6 Å². The van der Waals surface area contributed by atoms with E-state index in [1.54, 1.807) is 25.4 Å². The Morgan fingerprint density at radius 1 is 1.00 bits per heavy atom. The van der Waals surface area contributed by atoms with Gasteiger partial charge in [0.1, 0.15) is 11.3 Å². The first-order chi connectivity index (χ1) is 16.6.